The third kappa shape index (κ3) is 3.87. The summed E-state index contributed by atoms with van der Waals surface area (Å²) in [6, 6.07) is 0. The van der Waals surface area contributed by atoms with E-state index in [9.17, 15) is 19.2 Å². The first-order valence-electron chi connectivity index (χ1n) is 6.63. The summed E-state index contributed by atoms with van der Waals surface area (Å²) in [7, 11) is 0. The smallest absolute Gasteiger partial charge is 0.326 e. The van der Waals surface area contributed by atoms with Crippen LogP contribution in [0, 0.1) is 0 Å². The summed E-state index contributed by atoms with van der Waals surface area (Å²) in [6.07, 6.45) is -0.969. The van der Waals surface area contributed by atoms with Gasteiger partial charge in [-0.25, -0.2) is 9.59 Å². The molecule has 8 heteroatoms. The predicted octanol–water partition coefficient (Wildman–Crippen LogP) is -0.00560. The van der Waals surface area contributed by atoms with Gasteiger partial charge in [0.1, 0.15) is 0 Å². The highest BCUT2D eigenvalue weighted by atomic mass is 16.6. The van der Waals surface area contributed by atoms with Crippen LogP contribution in [0.4, 0.5) is 0 Å². The topological polar surface area (TPSA) is 93.0 Å². The molecule has 0 N–H and O–H groups in total. The summed E-state index contributed by atoms with van der Waals surface area (Å²) in [5, 5.41) is 0. The zero-order valence-corrected chi connectivity index (χ0v) is 12.5. The summed E-state index contributed by atoms with van der Waals surface area (Å²) >= 11 is 0. The highest BCUT2D eigenvalue weighted by molar-refractivity contribution is 5.88. The molecule has 0 fully saturated rings. The molecule has 0 aromatic rings. The van der Waals surface area contributed by atoms with Crippen LogP contribution in [0.2, 0.25) is 0 Å². The third-order valence-corrected chi connectivity index (χ3v) is 2.85. The van der Waals surface area contributed by atoms with Gasteiger partial charge in [0.2, 0.25) is 0 Å². The molecule has 8 nitrogen and oxygen atoms in total. The van der Waals surface area contributed by atoms with Gasteiger partial charge in [0, 0.05) is 26.7 Å². The number of carbonyl (C=O) groups is 4. The highest BCUT2D eigenvalue weighted by Crippen LogP contribution is 2.18. The standard InChI is InChI=1S/C13H19N2O6/c1-5-10(18)20-12-13(21-11(19)6-2)15(9(4)17)7-14(12)8(3)16/h7,12-13H,5-6H2,1-4H3/q+1. The summed E-state index contributed by atoms with van der Waals surface area (Å²) < 4.78 is 11.3. The molecule has 0 aromatic carbocycles. The Balaban J connectivity index is 3.11. The molecule has 2 amide bonds. The summed E-state index contributed by atoms with van der Waals surface area (Å²) in [6.45, 7) is 5.70. The molecule has 0 bridgehead atoms. The SMILES string of the molecule is CCC(=O)OC1C(OC(=O)CC)[N+](C(C)=O)=CN1C(C)=O. The first-order valence-corrected chi connectivity index (χ1v) is 6.63. The Morgan fingerprint density at radius 1 is 1.05 bits per heavy atom. The quantitative estimate of drug-likeness (QED) is 0.535. The van der Waals surface area contributed by atoms with E-state index in [0.717, 1.165) is 9.48 Å². The fourth-order valence-electron chi connectivity index (χ4n) is 1.73. The first kappa shape index (κ1) is 16.8. The molecular formula is C13H19N2O6+. The van der Waals surface area contributed by atoms with Crippen LogP contribution in [0.1, 0.15) is 40.5 Å². The molecule has 0 radical (unpaired) electrons. The monoisotopic (exact) mass is 299 g/mol. The van der Waals surface area contributed by atoms with Crippen molar-refractivity contribution >= 4 is 30.1 Å². The zero-order valence-electron chi connectivity index (χ0n) is 12.5. The van der Waals surface area contributed by atoms with Crippen molar-refractivity contribution in [3.63, 3.8) is 0 Å². The number of carbonyl (C=O) groups excluding carboxylic acids is 4. The van der Waals surface area contributed by atoms with E-state index in [2.05, 4.69) is 0 Å². The molecule has 0 spiro atoms. The van der Waals surface area contributed by atoms with Crippen molar-refractivity contribution in [2.24, 2.45) is 0 Å². The zero-order chi connectivity index (χ0) is 16.2. The number of rotatable bonds is 4. The molecule has 1 aliphatic rings. The van der Waals surface area contributed by atoms with Crippen molar-refractivity contribution in [1.82, 2.24) is 4.90 Å². The van der Waals surface area contributed by atoms with Gasteiger partial charge in [-0.2, -0.15) is 9.48 Å². The van der Waals surface area contributed by atoms with Gasteiger partial charge in [-0.1, -0.05) is 13.8 Å². The van der Waals surface area contributed by atoms with Crippen LogP contribution in [0.15, 0.2) is 0 Å². The molecule has 0 aliphatic carbocycles. The second-order valence-electron chi connectivity index (χ2n) is 4.44. The maximum absolute atomic E-state index is 11.6. The second kappa shape index (κ2) is 6.96. The van der Waals surface area contributed by atoms with Gasteiger partial charge < -0.3 is 9.47 Å². The largest absolute Gasteiger partial charge is 0.413 e. The fraction of sp³-hybridized carbons (Fsp3) is 0.615. The van der Waals surface area contributed by atoms with E-state index in [-0.39, 0.29) is 12.8 Å². The molecule has 2 unspecified atom stereocenters. The van der Waals surface area contributed by atoms with E-state index in [4.69, 9.17) is 9.47 Å². The van der Waals surface area contributed by atoms with E-state index in [1.165, 1.54) is 20.2 Å². The molecule has 0 saturated heterocycles. The molecule has 21 heavy (non-hydrogen) atoms. The third-order valence-electron chi connectivity index (χ3n) is 2.85. The number of nitrogens with zero attached hydrogens (tertiary/aromatic N) is 2. The molecule has 1 rings (SSSR count). The Morgan fingerprint density at radius 2 is 1.57 bits per heavy atom. The number of esters is 2. The molecule has 0 aromatic heterocycles. The predicted molar refractivity (Wildman–Crippen MR) is 69.9 cm³/mol. The van der Waals surface area contributed by atoms with Gasteiger partial charge in [0.15, 0.2) is 0 Å². The van der Waals surface area contributed by atoms with Crippen molar-refractivity contribution in [1.29, 1.82) is 0 Å². The van der Waals surface area contributed by atoms with Gasteiger partial charge >= 0.3 is 36.2 Å². The fourth-order valence-corrected chi connectivity index (χ4v) is 1.73. The van der Waals surface area contributed by atoms with Gasteiger partial charge in [0.25, 0.3) is 6.34 Å². The average Bonchev–Trinajstić information content (AvgIpc) is 2.77. The normalized spacial score (nSPS) is 20.8. The minimum atomic E-state index is -1.17. The minimum Gasteiger partial charge on any atom is -0.413 e. The Kier molecular flexibility index (Phi) is 5.57. The van der Waals surface area contributed by atoms with Crippen LogP contribution in [0.3, 0.4) is 0 Å². The van der Waals surface area contributed by atoms with Gasteiger partial charge in [-0.3, -0.25) is 9.59 Å². The maximum atomic E-state index is 11.6. The molecule has 2 atom stereocenters. The van der Waals surface area contributed by atoms with Crippen molar-refractivity contribution in [2.45, 2.75) is 53.0 Å². The van der Waals surface area contributed by atoms with Crippen molar-refractivity contribution in [3.05, 3.63) is 0 Å². The molecule has 1 heterocycles. The van der Waals surface area contributed by atoms with Gasteiger partial charge in [0.05, 0.1) is 0 Å². The van der Waals surface area contributed by atoms with E-state index in [1.54, 1.807) is 13.8 Å². The van der Waals surface area contributed by atoms with Crippen LogP contribution in [-0.4, -0.2) is 52.0 Å². The lowest BCUT2D eigenvalue weighted by atomic mass is 10.4. The van der Waals surface area contributed by atoms with E-state index >= 15 is 0 Å². The van der Waals surface area contributed by atoms with E-state index in [1.807, 2.05) is 0 Å². The molecular weight excluding hydrogens is 280 g/mol. The summed E-state index contributed by atoms with van der Waals surface area (Å²) in [4.78, 5) is 47.3. The Bertz CT molecular complexity index is 499. The number of ether oxygens (including phenoxy) is 2. The lowest BCUT2D eigenvalue weighted by Gasteiger charge is -2.20. The van der Waals surface area contributed by atoms with Crippen LogP contribution < -0.4 is 0 Å². The molecule has 0 saturated carbocycles. The van der Waals surface area contributed by atoms with Crippen molar-refractivity contribution < 1.29 is 33.2 Å². The van der Waals surface area contributed by atoms with Crippen LogP contribution in [0.25, 0.3) is 0 Å². The highest BCUT2D eigenvalue weighted by Gasteiger charge is 2.51. The lowest BCUT2D eigenvalue weighted by molar-refractivity contribution is -0.531. The Labute approximate surface area is 122 Å². The summed E-state index contributed by atoms with van der Waals surface area (Å²) in [5.41, 5.74) is 0. The maximum Gasteiger partial charge on any atom is 0.326 e. The number of hydrogen-bond donors (Lipinski definition) is 0. The van der Waals surface area contributed by atoms with Crippen LogP contribution in [0.5, 0.6) is 0 Å². The van der Waals surface area contributed by atoms with Crippen LogP contribution in [-0.2, 0) is 28.7 Å². The molecule has 116 valence electrons. The van der Waals surface area contributed by atoms with Crippen molar-refractivity contribution in [2.75, 3.05) is 0 Å². The summed E-state index contributed by atoms with van der Waals surface area (Å²) in [5.74, 6) is -2.01. The number of amides is 2. The minimum absolute atomic E-state index is 0.0940. The van der Waals surface area contributed by atoms with E-state index < -0.39 is 36.2 Å². The molecule has 1 aliphatic heterocycles. The van der Waals surface area contributed by atoms with E-state index in [0.29, 0.717) is 0 Å². The Hall–Kier alpha value is -2.25. The van der Waals surface area contributed by atoms with Crippen LogP contribution >= 0.6 is 0 Å². The average molecular weight is 299 g/mol. The lowest BCUT2D eigenvalue weighted by Crippen LogP contribution is -2.46. The first-order chi connectivity index (χ1) is 9.81. The second-order valence-corrected chi connectivity index (χ2v) is 4.44. The van der Waals surface area contributed by atoms with Gasteiger partial charge in [-0.05, 0) is 0 Å². The van der Waals surface area contributed by atoms with Crippen molar-refractivity contribution in [3.8, 4) is 0 Å². The van der Waals surface area contributed by atoms with Gasteiger partial charge in [-0.15, -0.1) is 0 Å². The Morgan fingerprint density at radius 3 is 2.00 bits per heavy atom. The number of hydrogen-bond acceptors (Lipinski definition) is 6.